The highest BCUT2D eigenvalue weighted by atomic mass is 16.5. The first-order chi connectivity index (χ1) is 14.1. The van der Waals surface area contributed by atoms with Crippen LogP contribution in [0.1, 0.15) is 42.3 Å². The predicted octanol–water partition coefficient (Wildman–Crippen LogP) is 4.09. The number of methoxy groups -OCH3 is 1. The van der Waals surface area contributed by atoms with Crippen LogP contribution in [-0.4, -0.2) is 44.3 Å². The summed E-state index contributed by atoms with van der Waals surface area (Å²) in [5, 5.41) is 0. The van der Waals surface area contributed by atoms with Crippen LogP contribution in [0.25, 0.3) is 0 Å². The molecule has 29 heavy (non-hydrogen) atoms. The second-order valence-corrected chi connectivity index (χ2v) is 6.71. The summed E-state index contributed by atoms with van der Waals surface area (Å²) in [6, 6.07) is 9.37. The van der Waals surface area contributed by atoms with Crippen molar-refractivity contribution >= 4 is 5.91 Å². The van der Waals surface area contributed by atoms with Crippen LogP contribution in [0.3, 0.4) is 0 Å². The number of hydrogen-bond donors (Lipinski definition) is 0. The average Bonchev–Trinajstić information content (AvgIpc) is 2.74. The summed E-state index contributed by atoms with van der Waals surface area (Å²) in [6.45, 7) is 8.70. The third kappa shape index (κ3) is 4.58. The molecule has 0 aliphatic carbocycles. The Morgan fingerprint density at radius 2 is 1.48 bits per heavy atom. The molecule has 1 amide bonds. The van der Waals surface area contributed by atoms with Crippen LogP contribution in [-0.2, 0) is 13.0 Å². The van der Waals surface area contributed by atoms with E-state index >= 15 is 0 Å². The Hall–Kier alpha value is -2.89. The molecule has 1 aliphatic rings. The van der Waals surface area contributed by atoms with Gasteiger partial charge in [0.1, 0.15) is 0 Å². The lowest BCUT2D eigenvalue weighted by atomic mass is 9.98. The Labute approximate surface area is 172 Å². The first kappa shape index (κ1) is 20.8. The molecule has 1 aliphatic heterocycles. The minimum atomic E-state index is -0.0242. The zero-order valence-electron chi connectivity index (χ0n) is 17.6. The number of amides is 1. The normalized spacial score (nSPS) is 12.9. The van der Waals surface area contributed by atoms with Gasteiger partial charge in [0, 0.05) is 18.7 Å². The first-order valence-corrected chi connectivity index (χ1v) is 10.1. The second-order valence-electron chi connectivity index (χ2n) is 6.71. The molecule has 0 unspecified atom stereocenters. The average molecular weight is 399 g/mol. The molecular formula is C23H29NO5. The molecule has 0 radical (unpaired) electrons. The third-order valence-electron chi connectivity index (χ3n) is 4.88. The molecule has 2 aromatic carbocycles. The Bertz CT molecular complexity index is 865. The number of rotatable bonds is 8. The summed E-state index contributed by atoms with van der Waals surface area (Å²) in [7, 11) is 1.58. The minimum Gasteiger partial charge on any atom is -0.493 e. The number of carbonyl (C=O) groups is 1. The van der Waals surface area contributed by atoms with Gasteiger partial charge in [0.15, 0.2) is 23.0 Å². The van der Waals surface area contributed by atoms with E-state index in [1.54, 1.807) is 25.3 Å². The van der Waals surface area contributed by atoms with Gasteiger partial charge < -0.3 is 23.8 Å². The van der Waals surface area contributed by atoms with E-state index in [0.29, 0.717) is 50.0 Å². The van der Waals surface area contributed by atoms with Crippen molar-refractivity contribution in [2.24, 2.45) is 0 Å². The molecule has 2 aromatic rings. The zero-order valence-corrected chi connectivity index (χ0v) is 17.6. The van der Waals surface area contributed by atoms with Gasteiger partial charge in [-0.3, -0.25) is 4.79 Å². The summed E-state index contributed by atoms with van der Waals surface area (Å²) < 4.78 is 22.4. The summed E-state index contributed by atoms with van der Waals surface area (Å²) >= 11 is 0. The topological polar surface area (TPSA) is 57.2 Å². The Kier molecular flexibility index (Phi) is 6.86. The quantitative estimate of drug-likeness (QED) is 0.669. The van der Waals surface area contributed by atoms with Gasteiger partial charge in [0.25, 0.3) is 5.91 Å². The van der Waals surface area contributed by atoms with Gasteiger partial charge in [-0.2, -0.15) is 0 Å². The van der Waals surface area contributed by atoms with Crippen LogP contribution in [0, 0.1) is 0 Å². The van der Waals surface area contributed by atoms with Crippen LogP contribution in [0.15, 0.2) is 30.3 Å². The van der Waals surface area contributed by atoms with Gasteiger partial charge in [-0.15, -0.1) is 0 Å². The smallest absolute Gasteiger partial charge is 0.254 e. The molecule has 0 N–H and O–H groups in total. The van der Waals surface area contributed by atoms with E-state index in [1.165, 1.54) is 5.56 Å². The lowest BCUT2D eigenvalue weighted by Crippen LogP contribution is -2.36. The third-order valence-corrected chi connectivity index (χ3v) is 4.88. The Morgan fingerprint density at radius 1 is 0.862 bits per heavy atom. The summed E-state index contributed by atoms with van der Waals surface area (Å²) in [6.07, 6.45) is 0.779. The van der Waals surface area contributed by atoms with Crippen LogP contribution in [0.2, 0.25) is 0 Å². The summed E-state index contributed by atoms with van der Waals surface area (Å²) in [5.41, 5.74) is 2.88. The SMILES string of the molecule is CCOc1ccc(C(=O)N2CCc3cc(OCC)c(OCC)cc3C2)cc1OC. The van der Waals surface area contributed by atoms with Crippen LogP contribution < -0.4 is 18.9 Å². The molecule has 6 heteroatoms. The molecule has 0 spiro atoms. The van der Waals surface area contributed by atoms with Crippen molar-refractivity contribution in [2.75, 3.05) is 33.5 Å². The van der Waals surface area contributed by atoms with Crippen molar-refractivity contribution < 1.29 is 23.7 Å². The molecule has 0 aromatic heterocycles. The number of hydrogen-bond acceptors (Lipinski definition) is 5. The fraction of sp³-hybridized carbons (Fsp3) is 0.435. The fourth-order valence-electron chi connectivity index (χ4n) is 3.53. The molecule has 0 atom stereocenters. The lowest BCUT2D eigenvalue weighted by molar-refractivity contribution is 0.0734. The molecule has 156 valence electrons. The Morgan fingerprint density at radius 3 is 2.10 bits per heavy atom. The van der Waals surface area contributed by atoms with E-state index in [2.05, 4.69) is 0 Å². The standard InChI is InChI=1S/C23H29NO5/c1-5-27-19-9-8-17(13-20(19)26-4)23(25)24-11-10-16-12-21(28-6-2)22(29-7-3)14-18(16)15-24/h8-9,12-14H,5-7,10-11,15H2,1-4H3. The van der Waals surface area contributed by atoms with Crippen LogP contribution in [0.5, 0.6) is 23.0 Å². The largest absolute Gasteiger partial charge is 0.493 e. The van der Waals surface area contributed by atoms with E-state index < -0.39 is 0 Å². The number of fused-ring (bicyclic) bond motifs is 1. The van der Waals surface area contributed by atoms with Crippen molar-refractivity contribution in [3.8, 4) is 23.0 Å². The maximum Gasteiger partial charge on any atom is 0.254 e. The summed E-state index contributed by atoms with van der Waals surface area (Å²) in [5.74, 6) is 2.67. The summed E-state index contributed by atoms with van der Waals surface area (Å²) in [4.78, 5) is 15.0. The van der Waals surface area contributed by atoms with Gasteiger partial charge in [0.2, 0.25) is 0 Å². The second kappa shape index (κ2) is 9.54. The Balaban J connectivity index is 1.83. The highest BCUT2D eigenvalue weighted by molar-refractivity contribution is 5.95. The molecule has 0 saturated carbocycles. The van der Waals surface area contributed by atoms with E-state index in [4.69, 9.17) is 18.9 Å². The van der Waals surface area contributed by atoms with E-state index in [1.807, 2.05) is 37.8 Å². The van der Waals surface area contributed by atoms with Crippen molar-refractivity contribution in [3.05, 3.63) is 47.0 Å². The molecule has 0 bridgehead atoms. The van der Waals surface area contributed by atoms with Crippen LogP contribution >= 0.6 is 0 Å². The molecule has 0 fully saturated rings. The molecule has 1 heterocycles. The van der Waals surface area contributed by atoms with Gasteiger partial charge in [-0.1, -0.05) is 0 Å². The first-order valence-electron chi connectivity index (χ1n) is 10.1. The highest BCUT2D eigenvalue weighted by Gasteiger charge is 2.24. The van der Waals surface area contributed by atoms with Crippen LogP contribution in [0.4, 0.5) is 0 Å². The van der Waals surface area contributed by atoms with E-state index in [-0.39, 0.29) is 5.91 Å². The monoisotopic (exact) mass is 399 g/mol. The minimum absolute atomic E-state index is 0.0242. The van der Waals surface area contributed by atoms with Gasteiger partial charge in [-0.25, -0.2) is 0 Å². The fourth-order valence-corrected chi connectivity index (χ4v) is 3.53. The lowest BCUT2D eigenvalue weighted by Gasteiger charge is -2.30. The predicted molar refractivity (Wildman–Crippen MR) is 111 cm³/mol. The van der Waals surface area contributed by atoms with Crippen molar-refractivity contribution in [3.63, 3.8) is 0 Å². The van der Waals surface area contributed by atoms with Gasteiger partial charge in [-0.05, 0) is 68.7 Å². The van der Waals surface area contributed by atoms with Crippen molar-refractivity contribution in [1.82, 2.24) is 4.90 Å². The van der Waals surface area contributed by atoms with Gasteiger partial charge >= 0.3 is 0 Å². The van der Waals surface area contributed by atoms with E-state index in [0.717, 1.165) is 23.5 Å². The maximum absolute atomic E-state index is 13.1. The number of ether oxygens (including phenoxy) is 4. The number of carbonyl (C=O) groups excluding carboxylic acids is 1. The van der Waals surface area contributed by atoms with Crippen molar-refractivity contribution in [1.29, 1.82) is 0 Å². The van der Waals surface area contributed by atoms with Crippen molar-refractivity contribution in [2.45, 2.75) is 33.7 Å². The number of nitrogens with zero attached hydrogens (tertiary/aromatic N) is 1. The van der Waals surface area contributed by atoms with E-state index in [9.17, 15) is 4.79 Å². The molecular weight excluding hydrogens is 370 g/mol. The zero-order chi connectivity index (χ0) is 20.8. The van der Waals surface area contributed by atoms with Gasteiger partial charge in [0.05, 0.1) is 26.9 Å². The maximum atomic E-state index is 13.1. The molecule has 6 nitrogen and oxygen atoms in total. The molecule has 0 saturated heterocycles. The number of benzene rings is 2. The highest BCUT2D eigenvalue weighted by Crippen LogP contribution is 2.35. The molecule has 3 rings (SSSR count).